The second-order valence-corrected chi connectivity index (χ2v) is 4.75. The van der Waals surface area contributed by atoms with E-state index in [1.165, 1.54) is 0 Å². The molecule has 1 aromatic carbocycles. The van der Waals surface area contributed by atoms with E-state index in [0.29, 0.717) is 11.8 Å². The molecule has 20 heavy (non-hydrogen) atoms. The second-order valence-electron chi connectivity index (χ2n) is 4.75. The molecule has 2 rings (SSSR count). The van der Waals surface area contributed by atoms with Gasteiger partial charge in [0.2, 0.25) is 11.8 Å². The van der Waals surface area contributed by atoms with Gasteiger partial charge < -0.3 is 14.5 Å². The molecule has 5 nitrogen and oxygen atoms in total. The Morgan fingerprint density at radius 2 is 2.00 bits per heavy atom. The lowest BCUT2D eigenvalue weighted by atomic mass is 10.1. The molecule has 0 saturated carbocycles. The summed E-state index contributed by atoms with van der Waals surface area (Å²) in [5.41, 5.74) is 1.11. The number of aromatic nitrogens is 2. The molecule has 1 heterocycles. The molecule has 1 N–H and O–H groups in total. The third kappa shape index (κ3) is 3.65. The van der Waals surface area contributed by atoms with Gasteiger partial charge in [0.1, 0.15) is 6.04 Å². The molecule has 108 valence electrons. The van der Waals surface area contributed by atoms with Crippen molar-refractivity contribution in [3.8, 4) is 0 Å². The first-order valence-corrected chi connectivity index (χ1v) is 6.82. The largest absolute Gasteiger partial charge is 0.423 e. The third-order valence-corrected chi connectivity index (χ3v) is 3.32. The Bertz CT molecular complexity index is 513. The first-order chi connectivity index (χ1) is 9.74. The van der Waals surface area contributed by atoms with Gasteiger partial charge in [-0.3, -0.25) is 0 Å². The van der Waals surface area contributed by atoms with Crippen molar-refractivity contribution in [1.82, 2.24) is 15.5 Å². The maximum absolute atomic E-state index is 5.75. The van der Waals surface area contributed by atoms with Gasteiger partial charge in [0.05, 0.1) is 6.10 Å². The van der Waals surface area contributed by atoms with Gasteiger partial charge in [-0.2, -0.15) is 0 Å². The van der Waals surface area contributed by atoms with E-state index >= 15 is 0 Å². The van der Waals surface area contributed by atoms with E-state index in [2.05, 4.69) is 15.5 Å². The summed E-state index contributed by atoms with van der Waals surface area (Å²) in [5, 5.41) is 11.5. The number of nitrogens with one attached hydrogen (secondary N) is 1. The summed E-state index contributed by atoms with van der Waals surface area (Å²) in [4.78, 5) is 0. The summed E-state index contributed by atoms with van der Waals surface area (Å²) in [6.45, 7) is 2.03. The number of hydrogen-bond donors (Lipinski definition) is 1. The number of rotatable bonds is 7. The highest BCUT2D eigenvalue weighted by atomic mass is 16.5. The van der Waals surface area contributed by atoms with Crippen molar-refractivity contribution in [1.29, 1.82) is 0 Å². The predicted octanol–water partition coefficient (Wildman–Crippen LogP) is 2.35. The molecule has 0 bridgehead atoms. The highest BCUT2D eigenvalue weighted by Gasteiger charge is 2.18. The summed E-state index contributed by atoms with van der Waals surface area (Å²) in [5.74, 6) is 1.25. The van der Waals surface area contributed by atoms with Crippen LogP contribution in [-0.2, 0) is 11.2 Å². The Labute approximate surface area is 119 Å². The smallest absolute Gasteiger partial charge is 0.237 e. The van der Waals surface area contributed by atoms with E-state index in [-0.39, 0.29) is 12.1 Å². The second kappa shape index (κ2) is 7.17. The predicted molar refractivity (Wildman–Crippen MR) is 76.4 cm³/mol. The van der Waals surface area contributed by atoms with Crippen LogP contribution in [0.5, 0.6) is 0 Å². The van der Waals surface area contributed by atoms with Crippen LogP contribution in [0.25, 0.3) is 0 Å². The lowest BCUT2D eigenvalue weighted by molar-refractivity contribution is 0.109. The Morgan fingerprint density at radius 3 is 2.65 bits per heavy atom. The van der Waals surface area contributed by atoms with E-state index in [1.807, 2.05) is 44.3 Å². The van der Waals surface area contributed by atoms with Crippen molar-refractivity contribution in [3.63, 3.8) is 0 Å². The van der Waals surface area contributed by atoms with Crippen molar-refractivity contribution in [3.05, 3.63) is 47.7 Å². The molecular weight excluding hydrogens is 254 g/mol. The molecule has 0 spiro atoms. The third-order valence-electron chi connectivity index (χ3n) is 3.32. The average molecular weight is 275 g/mol. The van der Waals surface area contributed by atoms with Crippen molar-refractivity contribution in [2.24, 2.45) is 0 Å². The fourth-order valence-corrected chi connectivity index (χ4v) is 2.01. The molecule has 0 radical (unpaired) electrons. The number of ether oxygens (including phenoxy) is 1. The Hall–Kier alpha value is -1.72. The van der Waals surface area contributed by atoms with Crippen LogP contribution < -0.4 is 5.32 Å². The summed E-state index contributed by atoms with van der Waals surface area (Å²) in [6, 6.07) is 9.99. The number of benzene rings is 1. The zero-order valence-corrected chi connectivity index (χ0v) is 12.2. The highest BCUT2D eigenvalue weighted by Crippen LogP contribution is 2.20. The quantitative estimate of drug-likeness (QED) is 0.840. The number of hydrogen-bond acceptors (Lipinski definition) is 5. The van der Waals surface area contributed by atoms with Gasteiger partial charge in [0, 0.05) is 13.5 Å². The lowest BCUT2D eigenvalue weighted by Crippen LogP contribution is -2.17. The van der Waals surface area contributed by atoms with Crippen molar-refractivity contribution >= 4 is 0 Å². The standard InChI is InChI=1S/C15H21N3O2/c1-11(19-3)9-10-13-17-18-15(20-13)14(16-2)12-7-5-4-6-8-12/h4-8,11,14,16H,9-10H2,1-3H3. The summed E-state index contributed by atoms with van der Waals surface area (Å²) in [7, 11) is 3.59. The zero-order chi connectivity index (χ0) is 14.4. The van der Waals surface area contributed by atoms with E-state index < -0.39 is 0 Å². The molecule has 0 saturated heterocycles. The van der Waals surface area contributed by atoms with Crippen LogP contribution in [0, 0.1) is 0 Å². The van der Waals surface area contributed by atoms with Crippen LogP contribution in [0.3, 0.4) is 0 Å². The van der Waals surface area contributed by atoms with Gasteiger partial charge in [0.15, 0.2) is 0 Å². The van der Waals surface area contributed by atoms with Crippen LogP contribution in [0.4, 0.5) is 0 Å². The van der Waals surface area contributed by atoms with Crippen LogP contribution in [-0.4, -0.2) is 30.5 Å². The fraction of sp³-hybridized carbons (Fsp3) is 0.467. The number of nitrogens with zero attached hydrogens (tertiary/aromatic N) is 2. The molecule has 2 aromatic rings. The maximum atomic E-state index is 5.75. The normalized spacial score (nSPS) is 14.2. The van der Waals surface area contributed by atoms with Crippen LogP contribution in [0.1, 0.15) is 36.7 Å². The SMILES string of the molecule is CNC(c1ccccc1)c1nnc(CCC(C)OC)o1. The molecular formula is C15H21N3O2. The Balaban J connectivity index is 2.07. The van der Waals surface area contributed by atoms with Gasteiger partial charge in [-0.25, -0.2) is 0 Å². The number of methoxy groups -OCH3 is 1. The molecule has 0 fully saturated rings. The van der Waals surface area contributed by atoms with Crippen LogP contribution >= 0.6 is 0 Å². The van der Waals surface area contributed by atoms with E-state index in [9.17, 15) is 0 Å². The Kier molecular flexibility index (Phi) is 5.26. The molecule has 0 aliphatic carbocycles. The van der Waals surface area contributed by atoms with Gasteiger partial charge in [-0.1, -0.05) is 30.3 Å². The molecule has 1 aromatic heterocycles. The minimum Gasteiger partial charge on any atom is -0.423 e. The van der Waals surface area contributed by atoms with Gasteiger partial charge >= 0.3 is 0 Å². The Morgan fingerprint density at radius 1 is 1.25 bits per heavy atom. The fourth-order valence-electron chi connectivity index (χ4n) is 2.01. The minimum atomic E-state index is -0.0719. The van der Waals surface area contributed by atoms with Crippen LogP contribution in [0.15, 0.2) is 34.7 Å². The minimum absolute atomic E-state index is 0.0719. The molecule has 0 aliphatic heterocycles. The zero-order valence-electron chi connectivity index (χ0n) is 12.2. The average Bonchev–Trinajstić information content (AvgIpc) is 2.95. The van der Waals surface area contributed by atoms with E-state index in [4.69, 9.17) is 9.15 Å². The highest BCUT2D eigenvalue weighted by molar-refractivity contribution is 5.23. The molecule has 0 aliphatic rings. The van der Waals surface area contributed by atoms with E-state index in [0.717, 1.165) is 18.4 Å². The number of aryl methyl sites for hydroxylation is 1. The molecule has 0 amide bonds. The lowest BCUT2D eigenvalue weighted by Gasteiger charge is -2.11. The molecule has 5 heteroatoms. The molecule has 2 unspecified atom stereocenters. The summed E-state index contributed by atoms with van der Waals surface area (Å²) >= 11 is 0. The summed E-state index contributed by atoms with van der Waals surface area (Å²) in [6.07, 6.45) is 1.79. The first kappa shape index (κ1) is 14.7. The van der Waals surface area contributed by atoms with Crippen LogP contribution in [0.2, 0.25) is 0 Å². The maximum Gasteiger partial charge on any atom is 0.237 e. The van der Waals surface area contributed by atoms with Gasteiger partial charge in [0.25, 0.3) is 0 Å². The molecule has 2 atom stereocenters. The topological polar surface area (TPSA) is 60.2 Å². The van der Waals surface area contributed by atoms with Crippen molar-refractivity contribution in [2.45, 2.75) is 31.9 Å². The van der Waals surface area contributed by atoms with Gasteiger partial charge in [-0.05, 0) is 26.0 Å². The monoisotopic (exact) mass is 275 g/mol. The summed E-state index contributed by atoms with van der Waals surface area (Å²) < 4.78 is 11.0. The van der Waals surface area contributed by atoms with E-state index in [1.54, 1.807) is 7.11 Å². The van der Waals surface area contributed by atoms with Crippen molar-refractivity contribution < 1.29 is 9.15 Å². The first-order valence-electron chi connectivity index (χ1n) is 6.82. The van der Waals surface area contributed by atoms with Gasteiger partial charge in [-0.15, -0.1) is 10.2 Å². The van der Waals surface area contributed by atoms with Crippen molar-refractivity contribution in [2.75, 3.05) is 14.2 Å².